The van der Waals surface area contributed by atoms with Crippen molar-refractivity contribution in [2.45, 2.75) is 25.3 Å². The Morgan fingerprint density at radius 3 is 2.31 bits per heavy atom. The number of aromatic nitrogens is 2. The summed E-state index contributed by atoms with van der Waals surface area (Å²) in [5, 5.41) is 0. The van der Waals surface area contributed by atoms with Crippen LogP contribution in [0.3, 0.4) is 0 Å². The van der Waals surface area contributed by atoms with Crippen molar-refractivity contribution in [1.29, 1.82) is 0 Å². The molecule has 1 aliphatic rings. The van der Waals surface area contributed by atoms with Gasteiger partial charge < -0.3 is 9.80 Å². The second-order valence-electron chi connectivity index (χ2n) is 6.42. The highest BCUT2D eigenvalue weighted by Crippen LogP contribution is 2.29. The van der Waals surface area contributed by atoms with Crippen molar-refractivity contribution in [2.75, 3.05) is 31.6 Å². The van der Waals surface area contributed by atoms with Gasteiger partial charge in [0.2, 0.25) is 11.6 Å². The Kier molecular flexibility index (Phi) is 5.70. The minimum absolute atomic E-state index is 0.202. The Morgan fingerprint density at radius 2 is 1.73 bits per heavy atom. The summed E-state index contributed by atoms with van der Waals surface area (Å²) in [6.07, 6.45) is 3.87. The number of halogens is 4. The number of likely N-dealkylation sites (tertiary alicyclic amines) is 1. The van der Waals surface area contributed by atoms with E-state index in [1.54, 1.807) is 6.20 Å². The zero-order chi connectivity index (χ0) is 18.7. The van der Waals surface area contributed by atoms with Crippen LogP contribution in [0.4, 0.5) is 23.2 Å². The van der Waals surface area contributed by atoms with Gasteiger partial charge in [-0.25, -0.2) is 0 Å². The molecule has 0 spiro atoms. The lowest BCUT2D eigenvalue weighted by Crippen LogP contribution is -2.44. The molecule has 3 heterocycles. The van der Waals surface area contributed by atoms with E-state index >= 15 is 0 Å². The topological polar surface area (TPSA) is 32.3 Å². The zero-order valence-corrected chi connectivity index (χ0v) is 14.4. The van der Waals surface area contributed by atoms with E-state index in [1.165, 1.54) is 11.9 Å². The third-order valence-electron chi connectivity index (χ3n) is 4.84. The normalized spacial score (nSPS) is 16.0. The summed E-state index contributed by atoms with van der Waals surface area (Å²) >= 11 is 0. The van der Waals surface area contributed by atoms with Crippen LogP contribution in [0, 0.1) is 23.5 Å². The van der Waals surface area contributed by atoms with Gasteiger partial charge in [-0.05, 0) is 25.0 Å². The average Bonchev–Trinajstić information content (AvgIpc) is 2.66. The molecule has 0 aromatic carbocycles. The van der Waals surface area contributed by atoms with E-state index in [-0.39, 0.29) is 6.04 Å². The third-order valence-corrected chi connectivity index (χ3v) is 4.84. The largest absolute Gasteiger partial charge is 0.366 e. The molecule has 0 aliphatic carbocycles. The highest BCUT2D eigenvalue weighted by Gasteiger charge is 2.29. The molecule has 0 amide bonds. The molecule has 0 atom stereocenters. The summed E-state index contributed by atoms with van der Waals surface area (Å²) in [5.41, 5.74) is 0.320. The second kappa shape index (κ2) is 7.99. The van der Waals surface area contributed by atoms with Gasteiger partial charge in [0.15, 0.2) is 0 Å². The zero-order valence-electron chi connectivity index (χ0n) is 14.4. The van der Waals surface area contributed by atoms with Gasteiger partial charge in [-0.15, -0.1) is 0 Å². The number of piperidine rings is 1. The lowest BCUT2D eigenvalue weighted by molar-refractivity contribution is 0.211. The fourth-order valence-corrected chi connectivity index (χ4v) is 3.32. The molecule has 3 rings (SSSR count). The van der Waals surface area contributed by atoms with Gasteiger partial charge in [0.25, 0.3) is 11.9 Å². The molecule has 1 aliphatic heterocycles. The van der Waals surface area contributed by atoms with Crippen LogP contribution in [0.1, 0.15) is 18.5 Å². The Hall–Kier alpha value is -2.22. The lowest BCUT2D eigenvalue weighted by atomic mass is 10.0. The van der Waals surface area contributed by atoms with Gasteiger partial charge in [0.05, 0.1) is 0 Å². The quantitative estimate of drug-likeness (QED) is 0.599. The predicted octanol–water partition coefficient (Wildman–Crippen LogP) is 3.18. The number of rotatable bonds is 5. The minimum atomic E-state index is -1.63. The van der Waals surface area contributed by atoms with Crippen molar-refractivity contribution in [1.82, 2.24) is 14.9 Å². The van der Waals surface area contributed by atoms with Gasteiger partial charge >= 0.3 is 0 Å². The molecule has 140 valence electrons. The molecule has 26 heavy (non-hydrogen) atoms. The molecule has 2 aromatic rings. The maximum Gasteiger partial charge on any atom is 0.253 e. The highest BCUT2D eigenvalue weighted by atomic mass is 19.2. The number of anilines is 1. The van der Waals surface area contributed by atoms with Gasteiger partial charge in [0, 0.05) is 51.0 Å². The van der Waals surface area contributed by atoms with Gasteiger partial charge in [-0.2, -0.15) is 22.5 Å². The highest BCUT2D eigenvalue weighted by molar-refractivity contribution is 5.48. The Balaban J connectivity index is 1.60. The van der Waals surface area contributed by atoms with Crippen LogP contribution >= 0.6 is 0 Å². The number of hydrogen-bond acceptors (Lipinski definition) is 4. The Labute approximate surface area is 149 Å². The smallest absolute Gasteiger partial charge is 0.253 e. The molecule has 1 saturated heterocycles. The maximum atomic E-state index is 13.9. The van der Waals surface area contributed by atoms with Crippen LogP contribution in [0.2, 0.25) is 0 Å². The van der Waals surface area contributed by atoms with E-state index in [0.29, 0.717) is 12.8 Å². The minimum Gasteiger partial charge on any atom is -0.366 e. The van der Waals surface area contributed by atoms with Gasteiger partial charge in [0.1, 0.15) is 5.69 Å². The van der Waals surface area contributed by atoms with Crippen LogP contribution in [0.5, 0.6) is 0 Å². The molecule has 0 unspecified atom stereocenters. The fourth-order valence-electron chi connectivity index (χ4n) is 3.32. The van der Waals surface area contributed by atoms with Crippen molar-refractivity contribution in [2.24, 2.45) is 0 Å². The molecule has 0 saturated carbocycles. The van der Waals surface area contributed by atoms with E-state index < -0.39 is 29.2 Å². The Bertz CT molecular complexity index is 722. The first-order valence-electron chi connectivity index (χ1n) is 8.52. The van der Waals surface area contributed by atoms with Crippen LogP contribution in [0.25, 0.3) is 0 Å². The number of hydrogen-bond donors (Lipinski definition) is 0. The Morgan fingerprint density at radius 1 is 1.08 bits per heavy atom. The molecular weight excluding hydrogens is 348 g/mol. The number of pyridine rings is 2. The van der Waals surface area contributed by atoms with Crippen LogP contribution in [-0.2, 0) is 6.42 Å². The first kappa shape index (κ1) is 18.6. The fraction of sp³-hybridized carbons (Fsp3) is 0.444. The molecule has 4 nitrogen and oxygen atoms in total. The predicted molar refractivity (Wildman–Crippen MR) is 89.9 cm³/mol. The second-order valence-corrected chi connectivity index (χ2v) is 6.42. The standard InChI is InChI=1S/C18H20F4N4/c1-25(16-14(19)17(21)24-18(22)15(16)20)13-6-10-26(11-7-13)9-5-12-4-2-3-8-23-12/h2-4,8,13H,5-7,9-11H2,1H3. The van der Waals surface area contributed by atoms with E-state index in [4.69, 9.17) is 0 Å². The van der Waals surface area contributed by atoms with Crippen LogP contribution in [-0.4, -0.2) is 47.6 Å². The van der Waals surface area contributed by atoms with Crippen molar-refractivity contribution >= 4 is 5.69 Å². The number of nitrogens with zero attached hydrogens (tertiary/aromatic N) is 4. The first-order chi connectivity index (χ1) is 12.5. The molecule has 0 N–H and O–H groups in total. The van der Waals surface area contributed by atoms with E-state index in [2.05, 4.69) is 14.9 Å². The van der Waals surface area contributed by atoms with Gasteiger partial charge in [-0.1, -0.05) is 6.07 Å². The molecule has 0 radical (unpaired) electrons. The van der Waals surface area contributed by atoms with Crippen molar-refractivity contribution in [3.8, 4) is 0 Å². The van der Waals surface area contributed by atoms with Gasteiger partial charge in [-0.3, -0.25) is 4.98 Å². The molecule has 2 aromatic heterocycles. The lowest BCUT2D eigenvalue weighted by Gasteiger charge is -2.37. The van der Waals surface area contributed by atoms with E-state index in [9.17, 15) is 17.6 Å². The summed E-state index contributed by atoms with van der Waals surface area (Å²) in [6, 6.07) is 5.58. The SMILES string of the molecule is CN(c1c(F)c(F)nc(F)c1F)C1CCN(CCc2ccccn2)CC1. The molecule has 8 heteroatoms. The van der Waals surface area contributed by atoms with E-state index in [0.717, 1.165) is 31.7 Å². The maximum absolute atomic E-state index is 13.9. The summed E-state index contributed by atoms with van der Waals surface area (Å²) in [5.74, 6) is -6.16. The average molecular weight is 368 g/mol. The van der Waals surface area contributed by atoms with Crippen molar-refractivity contribution < 1.29 is 17.6 Å². The molecule has 0 bridgehead atoms. The van der Waals surface area contributed by atoms with Crippen molar-refractivity contribution in [3.63, 3.8) is 0 Å². The van der Waals surface area contributed by atoms with E-state index in [1.807, 2.05) is 18.2 Å². The molecular formula is C18H20F4N4. The summed E-state index contributed by atoms with van der Waals surface area (Å²) in [6.45, 7) is 2.32. The third kappa shape index (κ3) is 3.95. The monoisotopic (exact) mass is 368 g/mol. The van der Waals surface area contributed by atoms with Crippen LogP contribution in [0.15, 0.2) is 24.4 Å². The van der Waals surface area contributed by atoms with Crippen molar-refractivity contribution in [3.05, 3.63) is 53.6 Å². The summed E-state index contributed by atoms with van der Waals surface area (Å²) in [7, 11) is 1.45. The summed E-state index contributed by atoms with van der Waals surface area (Å²) < 4.78 is 54.5. The van der Waals surface area contributed by atoms with Crippen LogP contribution < -0.4 is 4.90 Å². The summed E-state index contributed by atoms with van der Waals surface area (Å²) in [4.78, 5) is 10.4. The molecule has 1 fully saturated rings. The first-order valence-corrected chi connectivity index (χ1v) is 8.52.